The lowest BCUT2D eigenvalue weighted by atomic mass is 10.1. The maximum Gasteiger partial charge on any atom is 0.264 e. The van der Waals surface area contributed by atoms with Crippen LogP contribution in [-0.4, -0.2) is 29.2 Å². The van der Waals surface area contributed by atoms with Gasteiger partial charge in [-0.25, -0.2) is 4.39 Å². The first-order chi connectivity index (χ1) is 12.0. The monoisotopic (exact) mass is 337 g/mol. The van der Waals surface area contributed by atoms with Crippen LogP contribution >= 0.6 is 0 Å². The molecule has 0 unspecified atom stereocenters. The number of carbonyl (C=O) groups is 3. The first-order valence-corrected chi connectivity index (χ1v) is 7.46. The van der Waals surface area contributed by atoms with Gasteiger partial charge in [0.2, 0.25) is 5.91 Å². The predicted octanol–water partition coefficient (Wildman–Crippen LogP) is 2.32. The smallest absolute Gasteiger partial charge is 0.264 e. The number of amides is 3. The number of nitrogens with zero attached hydrogens (tertiary/aromatic N) is 2. The minimum atomic E-state index is -0.754. The summed E-state index contributed by atoms with van der Waals surface area (Å²) in [7, 11) is 0. The zero-order chi connectivity index (χ0) is 18.0. The van der Waals surface area contributed by atoms with Gasteiger partial charge < -0.3 is 5.32 Å². The molecule has 7 heteroatoms. The molecule has 3 amide bonds. The lowest BCUT2D eigenvalue weighted by Crippen LogP contribution is -2.33. The van der Waals surface area contributed by atoms with Crippen LogP contribution in [-0.2, 0) is 4.79 Å². The lowest BCUT2D eigenvalue weighted by molar-refractivity contribution is -0.116. The van der Waals surface area contributed by atoms with E-state index in [4.69, 9.17) is 5.26 Å². The summed E-state index contributed by atoms with van der Waals surface area (Å²) in [6, 6.07) is 12.2. The molecule has 1 aliphatic rings. The summed E-state index contributed by atoms with van der Waals surface area (Å²) >= 11 is 0. The van der Waals surface area contributed by atoms with Crippen molar-refractivity contribution in [1.29, 1.82) is 5.26 Å². The fourth-order valence-electron chi connectivity index (χ4n) is 2.60. The van der Waals surface area contributed by atoms with Crippen LogP contribution in [0.3, 0.4) is 0 Å². The molecule has 124 valence electrons. The molecule has 3 rings (SSSR count). The van der Waals surface area contributed by atoms with Gasteiger partial charge in [0.25, 0.3) is 11.8 Å². The second kappa shape index (κ2) is 6.53. The highest BCUT2D eigenvalue weighted by Gasteiger charge is 2.37. The number of hydrogen-bond donors (Lipinski definition) is 1. The Morgan fingerprint density at radius 1 is 1.16 bits per heavy atom. The molecule has 0 aliphatic carbocycles. The topological polar surface area (TPSA) is 90.3 Å². The Bertz CT molecular complexity index is 933. The van der Waals surface area contributed by atoms with Crippen molar-refractivity contribution in [2.24, 2.45) is 0 Å². The first kappa shape index (κ1) is 16.3. The zero-order valence-electron chi connectivity index (χ0n) is 13.0. The Labute approximate surface area is 142 Å². The van der Waals surface area contributed by atoms with E-state index in [1.165, 1.54) is 18.2 Å². The van der Waals surface area contributed by atoms with Gasteiger partial charge >= 0.3 is 0 Å². The third kappa shape index (κ3) is 3.10. The normalized spacial score (nSPS) is 12.7. The van der Waals surface area contributed by atoms with Gasteiger partial charge in [0, 0.05) is 18.7 Å². The predicted molar refractivity (Wildman–Crippen MR) is 86.2 cm³/mol. The van der Waals surface area contributed by atoms with Gasteiger partial charge in [0.05, 0.1) is 22.8 Å². The Hall–Kier alpha value is -3.53. The Morgan fingerprint density at radius 3 is 2.64 bits per heavy atom. The van der Waals surface area contributed by atoms with E-state index in [9.17, 15) is 18.8 Å². The van der Waals surface area contributed by atoms with E-state index in [0.717, 1.165) is 11.0 Å². The highest BCUT2D eigenvalue weighted by atomic mass is 19.1. The molecular formula is C18H12FN3O3. The molecule has 0 radical (unpaired) electrons. The highest BCUT2D eigenvalue weighted by Crippen LogP contribution is 2.25. The van der Waals surface area contributed by atoms with E-state index in [-0.39, 0.29) is 24.1 Å². The number of imide groups is 1. The molecule has 0 atom stereocenters. The fraction of sp³-hybridized carbons (Fsp3) is 0.111. The summed E-state index contributed by atoms with van der Waals surface area (Å²) in [6.07, 6.45) is -0.135. The fourth-order valence-corrected chi connectivity index (χ4v) is 2.60. The molecule has 2 aromatic rings. The molecule has 2 aromatic carbocycles. The van der Waals surface area contributed by atoms with Crippen molar-refractivity contribution in [2.45, 2.75) is 6.42 Å². The van der Waals surface area contributed by atoms with Crippen molar-refractivity contribution >= 4 is 23.4 Å². The molecule has 25 heavy (non-hydrogen) atoms. The highest BCUT2D eigenvalue weighted by molar-refractivity contribution is 6.21. The van der Waals surface area contributed by atoms with Crippen LogP contribution in [0.5, 0.6) is 0 Å². The van der Waals surface area contributed by atoms with Crippen LogP contribution in [0, 0.1) is 17.1 Å². The van der Waals surface area contributed by atoms with Gasteiger partial charge in [-0.05, 0) is 30.3 Å². The standard InChI is InChI=1S/C18H12FN3O3/c19-14-6-2-5-13-16(14)18(25)22(17(13)24)8-7-15(23)21-12-4-1-3-11(9-12)10-20/h1-6,9H,7-8H2,(H,21,23). The lowest BCUT2D eigenvalue weighted by Gasteiger charge is -2.13. The SMILES string of the molecule is N#Cc1cccc(NC(=O)CCN2C(=O)c3cccc(F)c3C2=O)c1. The summed E-state index contributed by atoms with van der Waals surface area (Å²) in [6.45, 7) is -0.157. The molecule has 0 spiro atoms. The molecule has 0 bridgehead atoms. The van der Waals surface area contributed by atoms with Crippen LogP contribution in [0.2, 0.25) is 0 Å². The van der Waals surface area contributed by atoms with Crippen LogP contribution < -0.4 is 5.32 Å². The van der Waals surface area contributed by atoms with Gasteiger partial charge in [0.15, 0.2) is 0 Å². The maximum atomic E-state index is 13.7. The number of hydrogen-bond acceptors (Lipinski definition) is 4. The van der Waals surface area contributed by atoms with Gasteiger partial charge in [0.1, 0.15) is 5.82 Å². The average molecular weight is 337 g/mol. The Kier molecular flexibility index (Phi) is 4.27. The largest absolute Gasteiger partial charge is 0.326 e. The second-order valence-corrected chi connectivity index (χ2v) is 5.42. The molecule has 0 fully saturated rings. The molecule has 1 aliphatic heterocycles. The summed E-state index contributed by atoms with van der Waals surface area (Å²) < 4.78 is 13.7. The minimum Gasteiger partial charge on any atom is -0.326 e. The van der Waals surface area contributed by atoms with E-state index in [2.05, 4.69) is 5.32 Å². The molecule has 1 heterocycles. The summed E-state index contributed by atoms with van der Waals surface area (Å²) in [5.41, 5.74) is 0.591. The van der Waals surface area contributed by atoms with Crippen molar-refractivity contribution in [2.75, 3.05) is 11.9 Å². The molecule has 0 saturated carbocycles. The number of carbonyl (C=O) groups excluding carboxylic acids is 3. The summed E-state index contributed by atoms with van der Waals surface area (Å²) in [4.78, 5) is 37.2. The molecule has 6 nitrogen and oxygen atoms in total. The van der Waals surface area contributed by atoms with Gasteiger partial charge in [-0.1, -0.05) is 12.1 Å². The number of nitriles is 1. The number of anilines is 1. The van der Waals surface area contributed by atoms with Crippen LogP contribution in [0.25, 0.3) is 0 Å². The van der Waals surface area contributed by atoms with E-state index in [1.54, 1.807) is 18.2 Å². The van der Waals surface area contributed by atoms with E-state index < -0.39 is 23.5 Å². The average Bonchev–Trinajstić information content (AvgIpc) is 2.85. The molecule has 1 N–H and O–H groups in total. The maximum absolute atomic E-state index is 13.7. The number of nitrogens with one attached hydrogen (secondary N) is 1. The molecule has 0 saturated heterocycles. The number of halogens is 1. The van der Waals surface area contributed by atoms with Crippen molar-refractivity contribution in [1.82, 2.24) is 4.90 Å². The van der Waals surface area contributed by atoms with Gasteiger partial charge in [-0.2, -0.15) is 5.26 Å². The first-order valence-electron chi connectivity index (χ1n) is 7.46. The van der Waals surface area contributed by atoms with Crippen molar-refractivity contribution in [3.8, 4) is 6.07 Å². The van der Waals surface area contributed by atoms with E-state index in [0.29, 0.717) is 11.3 Å². The Balaban J connectivity index is 1.65. The van der Waals surface area contributed by atoms with Crippen LogP contribution in [0.4, 0.5) is 10.1 Å². The van der Waals surface area contributed by atoms with Crippen LogP contribution in [0.1, 0.15) is 32.7 Å². The zero-order valence-corrected chi connectivity index (χ0v) is 13.0. The third-order valence-electron chi connectivity index (χ3n) is 3.79. The van der Waals surface area contributed by atoms with Crippen molar-refractivity contribution in [3.63, 3.8) is 0 Å². The molecular weight excluding hydrogens is 325 g/mol. The van der Waals surface area contributed by atoms with Gasteiger partial charge in [-0.3, -0.25) is 19.3 Å². The minimum absolute atomic E-state index is 0.00660. The summed E-state index contributed by atoms with van der Waals surface area (Å²) in [5.74, 6) is -2.53. The Morgan fingerprint density at radius 2 is 1.92 bits per heavy atom. The number of benzene rings is 2. The second-order valence-electron chi connectivity index (χ2n) is 5.42. The van der Waals surface area contributed by atoms with Crippen LogP contribution in [0.15, 0.2) is 42.5 Å². The number of fused-ring (bicyclic) bond motifs is 1. The molecule has 0 aromatic heterocycles. The van der Waals surface area contributed by atoms with Crippen molar-refractivity contribution in [3.05, 3.63) is 65.0 Å². The number of rotatable bonds is 4. The third-order valence-corrected chi connectivity index (χ3v) is 3.79. The quantitative estimate of drug-likeness (QED) is 0.867. The summed E-state index contributed by atoms with van der Waals surface area (Å²) in [5, 5.41) is 11.4. The van der Waals surface area contributed by atoms with E-state index >= 15 is 0 Å². The van der Waals surface area contributed by atoms with Crippen molar-refractivity contribution < 1.29 is 18.8 Å². The van der Waals surface area contributed by atoms with E-state index in [1.807, 2.05) is 6.07 Å². The van der Waals surface area contributed by atoms with Gasteiger partial charge in [-0.15, -0.1) is 0 Å².